The molecule has 1 aliphatic heterocycles. The number of hydrogen-bond acceptors (Lipinski definition) is 3. The van der Waals surface area contributed by atoms with Crippen molar-refractivity contribution in [2.45, 2.75) is 19.4 Å². The van der Waals surface area contributed by atoms with Crippen LogP contribution in [0.15, 0.2) is 24.3 Å². The summed E-state index contributed by atoms with van der Waals surface area (Å²) in [5.74, 6) is -0.168. The number of carbonyl (C=O) groups is 2. The Morgan fingerprint density at radius 3 is 2.86 bits per heavy atom. The molecule has 0 aromatic heterocycles. The maximum absolute atomic E-state index is 11.7. The van der Waals surface area contributed by atoms with Crippen LogP contribution in [-0.2, 0) is 4.79 Å². The van der Waals surface area contributed by atoms with Crippen molar-refractivity contribution >= 4 is 30.0 Å². The Labute approximate surface area is 130 Å². The molecule has 7 heteroatoms. The van der Waals surface area contributed by atoms with Gasteiger partial charge in [0.25, 0.3) is 0 Å². The van der Waals surface area contributed by atoms with Crippen LogP contribution in [0.2, 0.25) is 0 Å². The van der Waals surface area contributed by atoms with Gasteiger partial charge in [0.15, 0.2) is 0 Å². The van der Waals surface area contributed by atoms with Crippen molar-refractivity contribution < 1.29 is 9.59 Å². The van der Waals surface area contributed by atoms with E-state index in [4.69, 9.17) is 0 Å². The minimum absolute atomic E-state index is 0. The van der Waals surface area contributed by atoms with Crippen molar-refractivity contribution in [3.05, 3.63) is 29.8 Å². The number of rotatable bonds is 4. The fourth-order valence-corrected chi connectivity index (χ4v) is 2.12. The molecule has 1 aromatic rings. The summed E-state index contributed by atoms with van der Waals surface area (Å²) in [6.07, 6.45) is 0.932. The summed E-state index contributed by atoms with van der Waals surface area (Å²) >= 11 is 0. The van der Waals surface area contributed by atoms with Crippen molar-refractivity contribution in [3.63, 3.8) is 0 Å². The molecule has 1 unspecified atom stereocenters. The molecule has 0 saturated carbocycles. The van der Waals surface area contributed by atoms with Crippen molar-refractivity contribution in [1.29, 1.82) is 0 Å². The number of nitrogens with one attached hydrogen (secondary N) is 4. The van der Waals surface area contributed by atoms with Crippen LogP contribution >= 0.6 is 12.4 Å². The highest BCUT2D eigenvalue weighted by atomic mass is 35.5. The van der Waals surface area contributed by atoms with Gasteiger partial charge in [-0.1, -0.05) is 12.1 Å². The Morgan fingerprint density at radius 1 is 1.38 bits per heavy atom. The molecule has 0 bridgehead atoms. The summed E-state index contributed by atoms with van der Waals surface area (Å²) in [6, 6.07) is 7.27. The molecule has 1 aromatic carbocycles. The number of halogens is 1. The smallest absolute Gasteiger partial charge is 0.319 e. The Balaban J connectivity index is 0.00000220. The molecule has 4 N–H and O–H groups in total. The van der Waals surface area contributed by atoms with E-state index in [9.17, 15) is 9.59 Å². The van der Waals surface area contributed by atoms with Gasteiger partial charge < -0.3 is 21.3 Å². The molecule has 6 nitrogen and oxygen atoms in total. The first kappa shape index (κ1) is 17.3. The zero-order valence-corrected chi connectivity index (χ0v) is 12.8. The lowest BCUT2D eigenvalue weighted by Crippen LogP contribution is -2.43. The minimum Gasteiger partial charge on any atom is -0.351 e. The summed E-state index contributed by atoms with van der Waals surface area (Å²) in [4.78, 5) is 23.3. The van der Waals surface area contributed by atoms with E-state index in [-0.39, 0.29) is 36.9 Å². The molecule has 3 amide bonds. The highest BCUT2D eigenvalue weighted by Crippen LogP contribution is 2.08. The van der Waals surface area contributed by atoms with Gasteiger partial charge in [0.05, 0.1) is 6.54 Å². The SMILES string of the molecule is Cc1cccc(NC(=O)NCC(=O)NC2CCNC2)c1.Cl. The maximum Gasteiger partial charge on any atom is 0.319 e. The van der Waals surface area contributed by atoms with Crippen molar-refractivity contribution in [1.82, 2.24) is 16.0 Å². The van der Waals surface area contributed by atoms with Gasteiger partial charge in [-0.05, 0) is 37.6 Å². The molecule has 0 spiro atoms. The fourth-order valence-electron chi connectivity index (χ4n) is 2.12. The third-order valence-electron chi connectivity index (χ3n) is 3.11. The van der Waals surface area contributed by atoms with Crippen LogP contribution in [0.25, 0.3) is 0 Å². The third-order valence-corrected chi connectivity index (χ3v) is 3.11. The zero-order valence-electron chi connectivity index (χ0n) is 11.9. The molecule has 1 saturated heterocycles. The zero-order chi connectivity index (χ0) is 14.4. The highest BCUT2D eigenvalue weighted by Gasteiger charge is 2.16. The fraction of sp³-hybridized carbons (Fsp3) is 0.429. The van der Waals surface area contributed by atoms with Gasteiger partial charge in [-0.25, -0.2) is 4.79 Å². The Morgan fingerprint density at radius 2 is 2.19 bits per heavy atom. The largest absolute Gasteiger partial charge is 0.351 e. The van der Waals surface area contributed by atoms with Gasteiger partial charge >= 0.3 is 6.03 Å². The molecular weight excluding hydrogens is 292 g/mol. The molecule has 21 heavy (non-hydrogen) atoms. The molecule has 2 rings (SSSR count). The number of hydrogen-bond donors (Lipinski definition) is 4. The molecule has 116 valence electrons. The van der Waals surface area contributed by atoms with Gasteiger partial charge in [0, 0.05) is 18.3 Å². The number of benzene rings is 1. The molecular formula is C14H21ClN4O2. The van der Waals surface area contributed by atoms with Gasteiger partial charge in [-0.15, -0.1) is 12.4 Å². The molecule has 0 radical (unpaired) electrons. The monoisotopic (exact) mass is 312 g/mol. The lowest BCUT2D eigenvalue weighted by Gasteiger charge is -2.12. The molecule has 1 atom stereocenters. The standard InChI is InChI=1S/C14H20N4O2.ClH/c1-10-3-2-4-11(7-10)18-14(20)16-9-13(19)17-12-5-6-15-8-12;/h2-4,7,12,15H,5-6,8-9H2,1H3,(H,17,19)(H2,16,18,20);1H. The lowest BCUT2D eigenvalue weighted by molar-refractivity contribution is -0.120. The van der Waals surface area contributed by atoms with Gasteiger partial charge in [0.1, 0.15) is 0 Å². The quantitative estimate of drug-likeness (QED) is 0.670. The van der Waals surface area contributed by atoms with Crippen molar-refractivity contribution in [3.8, 4) is 0 Å². The van der Waals surface area contributed by atoms with E-state index < -0.39 is 0 Å². The van der Waals surface area contributed by atoms with E-state index in [1.54, 1.807) is 6.07 Å². The van der Waals surface area contributed by atoms with E-state index in [2.05, 4.69) is 21.3 Å². The second kappa shape index (κ2) is 8.49. The number of anilines is 1. The third kappa shape index (κ3) is 6.01. The predicted molar refractivity (Wildman–Crippen MR) is 84.9 cm³/mol. The Bertz CT molecular complexity index is 490. The summed E-state index contributed by atoms with van der Waals surface area (Å²) in [5.41, 5.74) is 1.78. The predicted octanol–water partition coefficient (Wildman–Crippen LogP) is 1.02. The first-order chi connectivity index (χ1) is 9.63. The van der Waals surface area contributed by atoms with Gasteiger partial charge in [-0.2, -0.15) is 0 Å². The Hall–Kier alpha value is -1.79. The van der Waals surface area contributed by atoms with E-state index >= 15 is 0 Å². The van der Waals surface area contributed by atoms with Crippen molar-refractivity contribution in [2.24, 2.45) is 0 Å². The average Bonchev–Trinajstić information content (AvgIpc) is 2.89. The van der Waals surface area contributed by atoms with Crippen molar-refractivity contribution in [2.75, 3.05) is 25.0 Å². The molecule has 1 aliphatic rings. The number of carbonyl (C=O) groups excluding carboxylic acids is 2. The van der Waals surface area contributed by atoms with Crippen LogP contribution in [0.4, 0.5) is 10.5 Å². The topological polar surface area (TPSA) is 82.3 Å². The van der Waals surface area contributed by atoms with Crippen LogP contribution in [0.3, 0.4) is 0 Å². The molecule has 1 fully saturated rings. The summed E-state index contributed by atoms with van der Waals surface area (Å²) < 4.78 is 0. The Kier molecular flexibility index (Phi) is 6.98. The van der Waals surface area contributed by atoms with Crippen LogP contribution in [0.5, 0.6) is 0 Å². The van der Waals surface area contributed by atoms with E-state index in [1.807, 2.05) is 25.1 Å². The molecule has 0 aliphatic carbocycles. The summed E-state index contributed by atoms with van der Waals surface area (Å²) in [7, 11) is 0. The number of aryl methyl sites for hydroxylation is 1. The highest BCUT2D eigenvalue weighted by molar-refractivity contribution is 5.92. The maximum atomic E-state index is 11.7. The number of amides is 3. The first-order valence-electron chi connectivity index (χ1n) is 6.75. The van der Waals surface area contributed by atoms with Crippen LogP contribution in [0.1, 0.15) is 12.0 Å². The summed E-state index contributed by atoms with van der Waals surface area (Å²) in [6.45, 7) is 3.65. The lowest BCUT2D eigenvalue weighted by atomic mass is 10.2. The first-order valence-corrected chi connectivity index (χ1v) is 6.75. The second-order valence-corrected chi connectivity index (χ2v) is 4.93. The van der Waals surface area contributed by atoms with Gasteiger partial charge in [0.2, 0.25) is 5.91 Å². The van der Waals surface area contributed by atoms with E-state index in [0.717, 1.165) is 25.1 Å². The number of urea groups is 1. The normalized spacial score (nSPS) is 16.7. The van der Waals surface area contributed by atoms with Crippen LogP contribution in [-0.4, -0.2) is 37.6 Å². The van der Waals surface area contributed by atoms with Crippen LogP contribution in [0, 0.1) is 6.92 Å². The summed E-state index contributed by atoms with van der Waals surface area (Å²) in [5, 5.41) is 11.3. The average molecular weight is 313 g/mol. The van der Waals surface area contributed by atoms with E-state index in [1.165, 1.54) is 0 Å². The minimum atomic E-state index is -0.379. The van der Waals surface area contributed by atoms with E-state index in [0.29, 0.717) is 5.69 Å². The second-order valence-electron chi connectivity index (χ2n) is 4.93. The van der Waals surface area contributed by atoms with Crippen LogP contribution < -0.4 is 21.3 Å². The van der Waals surface area contributed by atoms with Gasteiger partial charge in [-0.3, -0.25) is 4.79 Å². The molecule has 1 heterocycles.